The number of nitrogens with zero attached hydrogens (tertiary/aromatic N) is 1. The molecule has 1 unspecified atom stereocenters. The third-order valence-electron chi connectivity index (χ3n) is 4.54. The van der Waals surface area contributed by atoms with Gasteiger partial charge < -0.3 is 5.32 Å². The van der Waals surface area contributed by atoms with Crippen LogP contribution in [0.15, 0.2) is 18.2 Å². The minimum absolute atomic E-state index is 0.527. The van der Waals surface area contributed by atoms with E-state index in [0.717, 1.165) is 37.2 Å². The van der Waals surface area contributed by atoms with E-state index in [2.05, 4.69) is 10.2 Å². The maximum atomic E-state index is 12.7. The van der Waals surface area contributed by atoms with Gasteiger partial charge in [0.15, 0.2) is 0 Å². The monoisotopic (exact) mass is 298 g/mol. The molecule has 1 saturated carbocycles. The summed E-state index contributed by atoms with van der Waals surface area (Å²) in [5, 5.41) is 3.37. The topological polar surface area (TPSA) is 15.3 Å². The summed E-state index contributed by atoms with van der Waals surface area (Å²) >= 11 is 0. The largest absolute Gasteiger partial charge is 0.416 e. The first-order valence-corrected chi connectivity index (χ1v) is 7.58. The summed E-state index contributed by atoms with van der Waals surface area (Å²) in [6.07, 6.45) is -0.683. The van der Waals surface area contributed by atoms with Crippen molar-refractivity contribution < 1.29 is 13.2 Å². The van der Waals surface area contributed by atoms with Crippen LogP contribution in [0.4, 0.5) is 13.2 Å². The van der Waals surface area contributed by atoms with E-state index in [1.165, 1.54) is 25.0 Å². The van der Waals surface area contributed by atoms with Gasteiger partial charge in [0.25, 0.3) is 0 Å². The maximum absolute atomic E-state index is 12.7. The van der Waals surface area contributed by atoms with Gasteiger partial charge in [0, 0.05) is 25.2 Å². The van der Waals surface area contributed by atoms with Gasteiger partial charge in [-0.05, 0) is 56.0 Å². The van der Waals surface area contributed by atoms with Crippen molar-refractivity contribution in [2.24, 2.45) is 0 Å². The van der Waals surface area contributed by atoms with Crippen LogP contribution >= 0.6 is 0 Å². The summed E-state index contributed by atoms with van der Waals surface area (Å²) in [5.41, 5.74) is 1.20. The predicted molar refractivity (Wildman–Crippen MR) is 76.0 cm³/mol. The number of hydrogen-bond acceptors (Lipinski definition) is 2. The SMILES string of the molecule is Cc1cc(C(F)(F)F)ccc1CN(C1CC1)C1CCNC1. The van der Waals surface area contributed by atoms with Crippen LogP contribution in [0.5, 0.6) is 0 Å². The second-order valence-electron chi connectivity index (χ2n) is 6.19. The van der Waals surface area contributed by atoms with Gasteiger partial charge in [-0.3, -0.25) is 4.90 Å². The summed E-state index contributed by atoms with van der Waals surface area (Å²) < 4.78 is 38.2. The van der Waals surface area contributed by atoms with Gasteiger partial charge in [0.05, 0.1) is 5.56 Å². The highest BCUT2D eigenvalue weighted by Gasteiger charge is 2.35. The zero-order chi connectivity index (χ0) is 15.0. The van der Waals surface area contributed by atoms with Crippen molar-refractivity contribution in [3.05, 3.63) is 34.9 Å². The molecule has 2 aliphatic rings. The molecule has 1 aliphatic carbocycles. The van der Waals surface area contributed by atoms with Crippen molar-refractivity contribution in [3.63, 3.8) is 0 Å². The van der Waals surface area contributed by atoms with Crippen LogP contribution in [-0.2, 0) is 12.7 Å². The lowest BCUT2D eigenvalue weighted by atomic mass is 10.0. The van der Waals surface area contributed by atoms with Gasteiger partial charge in [-0.2, -0.15) is 13.2 Å². The molecule has 2 fully saturated rings. The highest BCUT2D eigenvalue weighted by atomic mass is 19.4. The molecule has 0 radical (unpaired) electrons. The zero-order valence-corrected chi connectivity index (χ0v) is 12.2. The molecule has 5 heteroatoms. The second kappa shape index (κ2) is 5.61. The van der Waals surface area contributed by atoms with Gasteiger partial charge in [0.1, 0.15) is 0 Å². The van der Waals surface area contributed by atoms with Crippen LogP contribution in [0.3, 0.4) is 0 Å². The van der Waals surface area contributed by atoms with E-state index >= 15 is 0 Å². The molecule has 0 aromatic heterocycles. The average Bonchev–Trinajstić information content (AvgIpc) is 3.10. The van der Waals surface area contributed by atoms with Crippen LogP contribution in [0.25, 0.3) is 0 Å². The van der Waals surface area contributed by atoms with E-state index < -0.39 is 11.7 Å². The van der Waals surface area contributed by atoms with Gasteiger partial charge >= 0.3 is 6.18 Å². The molecule has 1 aromatic carbocycles. The number of alkyl halides is 3. The molecular formula is C16H21F3N2. The smallest absolute Gasteiger partial charge is 0.315 e. The number of nitrogens with one attached hydrogen (secondary N) is 1. The Morgan fingerprint density at radius 3 is 2.48 bits per heavy atom. The van der Waals surface area contributed by atoms with Gasteiger partial charge in [0.2, 0.25) is 0 Å². The Hall–Kier alpha value is -1.07. The van der Waals surface area contributed by atoms with Crippen LogP contribution < -0.4 is 5.32 Å². The summed E-state index contributed by atoms with van der Waals surface area (Å²) in [6, 6.07) is 5.28. The van der Waals surface area contributed by atoms with Crippen LogP contribution in [0.2, 0.25) is 0 Å². The summed E-state index contributed by atoms with van der Waals surface area (Å²) in [6.45, 7) is 4.58. The first-order valence-electron chi connectivity index (χ1n) is 7.58. The molecule has 0 bridgehead atoms. The molecule has 1 aromatic rings. The van der Waals surface area contributed by atoms with E-state index in [4.69, 9.17) is 0 Å². The third kappa shape index (κ3) is 3.40. The van der Waals surface area contributed by atoms with Gasteiger partial charge in [-0.25, -0.2) is 0 Å². The molecule has 1 N–H and O–H groups in total. The molecule has 21 heavy (non-hydrogen) atoms. The number of hydrogen-bond donors (Lipinski definition) is 1. The molecular weight excluding hydrogens is 277 g/mol. The molecule has 3 rings (SSSR count). The first-order chi connectivity index (χ1) is 9.95. The molecule has 2 nitrogen and oxygen atoms in total. The lowest BCUT2D eigenvalue weighted by molar-refractivity contribution is -0.137. The van der Waals surface area contributed by atoms with E-state index in [0.29, 0.717) is 12.1 Å². The molecule has 0 amide bonds. The number of benzene rings is 1. The Bertz CT molecular complexity index is 503. The molecule has 1 heterocycles. The summed E-state index contributed by atoms with van der Waals surface area (Å²) in [4.78, 5) is 2.48. The van der Waals surface area contributed by atoms with Crippen molar-refractivity contribution in [3.8, 4) is 0 Å². The third-order valence-corrected chi connectivity index (χ3v) is 4.54. The lowest BCUT2D eigenvalue weighted by Gasteiger charge is -2.29. The number of rotatable bonds is 4. The molecule has 116 valence electrons. The molecule has 1 atom stereocenters. The van der Waals surface area contributed by atoms with E-state index in [1.807, 2.05) is 0 Å². The van der Waals surface area contributed by atoms with Crippen molar-refractivity contribution in [2.45, 2.75) is 51.0 Å². The van der Waals surface area contributed by atoms with Gasteiger partial charge in [-0.15, -0.1) is 0 Å². The number of halogens is 3. The highest BCUT2D eigenvalue weighted by Crippen LogP contribution is 2.34. The Morgan fingerprint density at radius 2 is 1.95 bits per heavy atom. The quantitative estimate of drug-likeness (QED) is 0.917. The average molecular weight is 298 g/mol. The maximum Gasteiger partial charge on any atom is 0.416 e. The summed E-state index contributed by atoms with van der Waals surface area (Å²) in [5.74, 6) is 0. The Morgan fingerprint density at radius 1 is 1.19 bits per heavy atom. The minimum Gasteiger partial charge on any atom is -0.315 e. The van der Waals surface area contributed by atoms with E-state index in [9.17, 15) is 13.2 Å². The zero-order valence-electron chi connectivity index (χ0n) is 12.2. The Balaban J connectivity index is 1.76. The lowest BCUT2D eigenvalue weighted by Crippen LogP contribution is -2.38. The minimum atomic E-state index is -4.26. The Labute approximate surface area is 123 Å². The second-order valence-corrected chi connectivity index (χ2v) is 6.19. The fourth-order valence-electron chi connectivity index (χ4n) is 3.13. The van der Waals surface area contributed by atoms with Crippen LogP contribution in [0.1, 0.15) is 36.0 Å². The summed E-state index contributed by atoms with van der Waals surface area (Å²) in [7, 11) is 0. The van der Waals surface area contributed by atoms with Crippen LogP contribution in [0, 0.1) is 6.92 Å². The standard InChI is InChI=1S/C16H21F3N2/c1-11-8-13(16(17,18)19)3-2-12(11)10-21(14-4-5-14)15-6-7-20-9-15/h2-3,8,14-15,20H,4-7,9-10H2,1H3. The van der Waals surface area contributed by atoms with E-state index in [-0.39, 0.29) is 0 Å². The Kier molecular flexibility index (Phi) is 3.97. The van der Waals surface area contributed by atoms with Crippen molar-refractivity contribution in [2.75, 3.05) is 13.1 Å². The van der Waals surface area contributed by atoms with Crippen molar-refractivity contribution in [1.29, 1.82) is 0 Å². The first kappa shape index (κ1) is 14.9. The van der Waals surface area contributed by atoms with Crippen molar-refractivity contribution >= 4 is 0 Å². The van der Waals surface area contributed by atoms with Gasteiger partial charge in [-0.1, -0.05) is 6.07 Å². The van der Waals surface area contributed by atoms with Crippen LogP contribution in [-0.4, -0.2) is 30.1 Å². The highest BCUT2D eigenvalue weighted by molar-refractivity contribution is 5.32. The molecule has 1 saturated heterocycles. The fraction of sp³-hybridized carbons (Fsp3) is 0.625. The normalized spacial score (nSPS) is 23.0. The van der Waals surface area contributed by atoms with Crippen molar-refractivity contribution in [1.82, 2.24) is 10.2 Å². The molecule has 1 aliphatic heterocycles. The predicted octanol–water partition coefficient (Wildman–Crippen LogP) is 3.34. The fourth-order valence-corrected chi connectivity index (χ4v) is 3.13. The van der Waals surface area contributed by atoms with E-state index in [1.54, 1.807) is 13.0 Å². The molecule has 0 spiro atoms. The number of aryl methyl sites for hydroxylation is 1.